The smallest absolute Gasteiger partial charge is 0.322 e. The Morgan fingerprint density at radius 3 is 2.56 bits per heavy atom. The summed E-state index contributed by atoms with van der Waals surface area (Å²) in [5, 5.41) is 13.7. The summed E-state index contributed by atoms with van der Waals surface area (Å²) in [6.07, 6.45) is 5.08. The first-order valence-electron chi connectivity index (χ1n) is 11.0. The maximum absolute atomic E-state index is 13.0. The zero-order chi connectivity index (χ0) is 22.9. The van der Waals surface area contributed by atoms with Gasteiger partial charge < -0.3 is 14.8 Å². The summed E-state index contributed by atoms with van der Waals surface area (Å²) >= 11 is 0. The van der Waals surface area contributed by atoms with Crippen LogP contribution in [-0.4, -0.2) is 27.0 Å². The van der Waals surface area contributed by atoms with E-state index in [0.717, 1.165) is 31.5 Å². The molecule has 0 fully saturated rings. The van der Waals surface area contributed by atoms with Crippen molar-refractivity contribution in [1.29, 1.82) is 0 Å². The average molecular weight is 435 g/mol. The van der Waals surface area contributed by atoms with E-state index in [-0.39, 0.29) is 11.7 Å². The molecule has 1 aromatic heterocycles. The van der Waals surface area contributed by atoms with Gasteiger partial charge in [-0.2, -0.15) is 0 Å². The summed E-state index contributed by atoms with van der Waals surface area (Å²) in [4.78, 5) is 25.2. The van der Waals surface area contributed by atoms with Crippen LogP contribution in [0.15, 0.2) is 66.9 Å². The molecule has 0 spiro atoms. The van der Waals surface area contributed by atoms with E-state index >= 15 is 0 Å². The van der Waals surface area contributed by atoms with Crippen molar-refractivity contribution >= 4 is 17.4 Å². The largest absolute Gasteiger partial charge is 0.345 e. The van der Waals surface area contributed by atoms with Crippen LogP contribution >= 0.6 is 0 Å². The van der Waals surface area contributed by atoms with Crippen LogP contribution in [0.4, 0.5) is 16.2 Å². The number of nitrogens with one attached hydrogen (secondary N) is 1. The second-order valence-electron chi connectivity index (χ2n) is 7.98. The number of non-ortho nitro benzene ring substituents is 1. The van der Waals surface area contributed by atoms with Crippen LogP contribution in [0.5, 0.6) is 0 Å². The quantitative estimate of drug-likeness (QED) is 0.242. The highest BCUT2D eigenvalue weighted by atomic mass is 16.6. The molecule has 7 nitrogen and oxygen atoms in total. The van der Waals surface area contributed by atoms with Crippen molar-refractivity contribution in [3.05, 3.63) is 93.8 Å². The fraction of sp³-hybridized carbons (Fsp3) is 0.320. The zero-order valence-corrected chi connectivity index (χ0v) is 18.7. The number of hydrogen-bond acceptors (Lipinski definition) is 3. The standard InChI is InChI=1S/C25H30N4O3/c1-3-4-5-15-28(25(30)26-22-11-13-23(14-12-22)29(31)32)19-24-10-7-16-27(24)18-21-9-6-8-20(2)17-21/h6-14,16-17H,3-5,15,18-19H2,1-2H3,(H,26,30). The minimum Gasteiger partial charge on any atom is -0.345 e. The van der Waals surface area contributed by atoms with Crippen LogP contribution in [0.2, 0.25) is 0 Å². The first kappa shape index (κ1) is 23.1. The number of aryl methyl sites for hydroxylation is 1. The molecule has 0 aliphatic rings. The van der Waals surface area contributed by atoms with Crippen molar-refractivity contribution in [3.63, 3.8) is 0 Å². The number of unbranched alkanes of at least 4 members (excludes halogenated alkanes) is 2. The third-order valence-corrected chi connectivity index (χ3v) is 5.36. The molecular weight excluding hydrogens is 404 g/mol. The molecule has 0 atom stereocenters. The Morgan fingerprint density at radius 2 is 1.88 bits per heavy atom. The Labute approximate surface area is 188 Å². The van der Waals surface area contributed by atoms with Gasteiger partial charge in [-0.1, -0.05) is 49.6 Å². The van der Waals surface area contributed by atoms with E-state index in [2.05, 4.69) is 48.0 Å². The Bertz CT molecular complexity index is 1040. The molecule has 0 bridgehead atoms. The van der Waals surface area contributed by atoms with Gasteiger partial charge in [-0.05, 0) is 43.2 Å². The van der Waals surface area contributed by atoms with Crippen LogP contribution in [-0.2, 0) is 13.1 Å². The third-order valence-electron chi connectivity index (χ3n) is 5.36. The predicted molar refractivity (Wildman–Crippen MR) is 127 cm³/mol. The van der Waals surface area contributed by atoms with E-state index in [9.17, 15) is 14.9 Å². The molecule has 7 heteroatoms. The number of aromatic nitrogens is 1. The zero-order valence-electron chi connectivity index (χ0n) is 18.7. The number of carbonyl (C=O) groups excluding carboxylic acids is 1. The minimum absolute atomic E-state index is 0.00298. The minimum atomic E-state index is -0.453. The Balaban J connectivity index is 1.72. The van der Waals surface area contributed by atoms with Gasteiger partial charge in [0.2, 0.25) is 0 Å². The highest BCUT2D eigenvalue weighted by Crippen LogP contribution is 2.17. The predicted octanol–water partition coefficient (Wildman–Crippen LogP) is 5.98. The Morgan fingerprint density at radius 1 is 1.09 bits per heavy atom. The van der Waals surface area contributed by atoms with E-state index in [1.807, 2.05) is 18.3 Å². The SMILES string of the molecule is CCCCCN(Cc1cccn1Cc1cccc(C)c1)C(=O)Nc1ccc([N+](=O)[O-])cc1. The molecule has 1 N–H and O–H groups in total. The first-order chi connectivity index (χ1) is 15.5. The summed E-state index contributed by atoms with van der Waals surface area (Å²) in [6.45, 7) is 6.09. The molecular formula is C25H30N4O3. The number of amides is 2. The molecule has 0 unspecified atom stereocenters. The van der Waals surface area contributed by atoms with Gasteiger partial charge in [-0.15, -0.1) is 0 Å². The lowest BCUT2D eigenvalue weighted by molar-refractivity contribution is -0.384. The molecule has 0 aliphatic carbocycles. The van der Waals surface area contributed by atoms with Crippen molar-refractivity contribution in [2.24, 2.45) is 0 Å². The summed E-state index contributed by atoms with van der Waals surface area (Å²) in [5.41, 5.74) is 4.03. The van der Waals surface area contributed by atoms with Crippen LogP contribution in [0.3, 0.4) is 0 Å². The van der Waals surface area contributed by atoms with Crippen LogP contribution < -0.4 is 5.32 Å². The van der Waals surface area contributed by atoms with Gasteiger partial charge in [0.15, 0.2) is 0 Å². The number of nitrogens with zero attached hydrogens (tertiary/aromatic N) is 3. The van der Waals surface area contributed by atoms with Gasteiger partial charge >= 0.3 is 6.03 Å². The lowest BCUT2D eigenvalue weighted by Crippen LogP contribution is -2.36. The third kappa shape index (κ3) is 6.44. The van der Waals surface area contributed by atoms with Crippen LogP contribution in [0.25, 0.3) is 0 Å². The van der Waals surface area contributed by atoms with Crippen LogP contribution in [0, 0.1) is 17.0 Å². The van der Waals surface area contributed by atoms with Crippen molar-refractivity contribution in [3.8, 4) is 0 Å². The second-order valence-corrected chi connectivity index (χ2v) is 7.98. The van der Waals surface area contributed by atoms with Crippen molar-refractivity contribution in [1.82, 2.24) is 9.47 Å². The van der Waals surface area contributed by atoms with Gasteiger partial charge in [-0.25, -0.2) is 4.79 Å². The maximum atomic E-state index is 13.0. The molecule has 0 saturated heterocycles. The summed E-state index contributed by atoms with van der Waals surface area (Å²) in [7, 11) is 0. The van der Waals surface area contributed by atoms with Gasteiger partial charge in [0.05, 0.1) is 11.5 Å². The number of rotatable bonds is 10. The molecule has 32 heavy (non-hydrogen) atoms. The number of carbonyl (C=O) groups is 1. The van der Waals surface area contributed by atoms with Gasteiger partial charge in [0, 0.05) is 42.8 Å². The van der Waals surface area contributed by atoms with Gasteiger partial charge in [0.1, 0.15) is 0 Å². The number of nitro groups is 1. The number of benzene rings is 2. The summed E-state index contributed by atoms with van der Waals surface area (Å²) in [5.74, 6) is 0. The molecule has 3 rings (SSSR count). The molecule has 1 heterocycles. The first-order valence-corrected chi connectivity index (χ1v) is 11.0. The van der Waals surface area contributed by atoms with E-state index in [1.54, 1.807) is 17.0 Å². The van der Waals surface area contributed by atoms with Crippen molar-refractivity contribution in [2.75, 3.05) is 11.9 Å². The lowest BCUT2D eigenvalue weighted by Gasteiger charge is -2.24. The maximum Gasteiger partial charge on any atom is 0.322 e. The topological polar surface area (TPSA) is 80.4 Å². The number of nitro benzene ring substituents is 1. The molecule has 0 saturated carbocycles. The molecule has 2 aromatic carbocycles. The number of hydrogen-bond donors (Lipinski definition) is 1. The van der Waals surface area contributed by atoms with E-state index < -0.39 is 4.92 Å². The van der Waals surface area contributed by atoms with E-state index in [1.165, 1.54) is 23.3 Å². The number of anilines is 1. The Kier molecular flexibility index (Phi) is 8.02. The van der Waals surface area contributed by atoms with Crippen LogP contribution in [0.1, 0.15) is 43.0 Å². The molecule has 3 aromatic rings. The van der Waals surface area contributed by atoms with Gasteiger partial charge in [-0.3, -0.25) is 10.1 Å². The summed E-state index contributed by atoms with van der Waals surface area (Å²) in [6, 6.07) is 18.2. The molecule has 168 valence electrons. The van der Waals surface area contributed by atoms with Crippen molar-refractivity contribution < 1.29 is 9.72 Å². The Hall–Kier alpha value is -3.61. The monoisotopic (exact) mass is 434 g/mol. The number of urea groups is 1. The highest BCUT2D eigenvalue weighted by molar-refractivity contribution is 5.89. The second kappa shape index (κ2) is 11.1. The normalized spacial score (nSPS) is 10.7. The molecule has 2 amide bonds. The molecule has 0 aliphatic heterocycles. The van der Waals surface area contributed by atoms with E-state index in [4.69, 9.17) is 0 Å². The van der Waals surface area contributed by atoms with E-state index in [0.29, 0.717) is 18.8 Å². The molecule has 0 radical (unpaired) electrons. The average Bonchev–Trinajstić information content (AvgIpc) is 3.20. The summed E-state index contributed by atoms with van der Waals surface area (Å²) < 4.78 is 2.17. The fourth-order valence-electron chi connectivity index (χ4n) is 3.62. The lowest BCUT2D eigenvalue weighted by atomic mass is 10.1. The fourth-order valence-corrected chi connectivity index (χ4v) is 3.62. The van der Waals surface area contributed by atoms with Gasteiger partial charge in [0.25, 0.3) is 5.69 Å². The highest BCUT2D eigenvalue weighted by Gasteiger charge is 2.16. The van der Waals surface area contributed by atoms with Crippen molar-refractivity contribution in [2.45, 2.75) is 46.2 Å².